The molecular formula is C9H17NO11S2. The lowest BCUT2D eigenvalue weighted by Gasteiger charge is -2.39. The Kier molecular flexibility index (Phi) is 8.08. The van der Waals surface area contributed by atoms with E-state index in [0.717, 1.165) is 0 Å². The van der Waals surface area contributed by atoms with Gasteiger partial charge < -0.3 is 30.3 Å². The van der Waals surface area contributed by atoms with Gasteiger partial charge in [0.05, 0.1) is 18.6 Å². The van der Waals surface area contributed by atoms with Crippen LogP contribution in [-0.4, -0.2) is 87.5 Å². The number of aliphatic hydroxyl groups is 5. The maximum Gasteiger partial charge on any atom is 0.466 e. The van der Waals surface area contributed by atoms with Gasteiger partial charge in [0.25, 0.3) is 0 Å². The van der Waals surface area contributed by atoms with Crippen LogP contribution in [0.25, 0.3) is 0 Å². The van der Waals surface area contributed by atoms with Crippen molar-refractivity contribution in [2.75, 3.05) is 13.2 Å². The number of ether oxygens (including phenoxy) is 1. The van der Waals surface area contributed by atoms with Crippen LogP contribution < -0.4 is 0 Å². The molecular weight excluding hydrogens is 362 g/mol. The summed E-state index contributed by atoms with van der Waals surface area (Å²) in [6.45, 7) is -1.11. The Balaban J connectivity index is 2.68. The van der Waals surface area contributed by atoms with E-state index in [1.54, 1.807) is 0 Å². The fourth-order valence-corrected chi connectivity index (χ4v) is 2.38. The van der Waals surface area contributed by atoms with Crippen molar-refractivity contribution in [3.8, 4) is 0 Å². The summed E-state index contributed by atoms with van der Waals surface area (Å²) in [7, 11) is -4.85. The van der Waals surface area contributed by atoms with Gasteiger partial charge in [-0.1, -0.05) is 5.16 Å². The van der Waals surface area contributed by atoms with E-state index in [-0.39, 0.29) is 11.5 Å². The molecule has 23 heavy (non-hydrogen) atoms. The lowest BCUT2D eigenvalue weighted by Crippen LogP contribution is -2.58. The lowest BCUT2D eigenvalue weighted by molar-refractivity contribution is -0.274. The van der Waals surface area contributed by atoms with Gasteiger partial charge in [-0.3, -0.25) is 8.74 Å². The van der Waals surface area contributed by atoms with Gasteiger partial charge in [-0.15, -0.1) is 0 Å². The van der Waals surface area contributed by atoms with Gasteiger partial charge in [0.1, 0.15) is 29.5 Å². The molecule has 1 aliphatic heterocycles. The van der Waals surface area contributed by atoms with E-state index >= 15 is 0 Å². The maximum atomic E-state index is 10.4. The first-order valence-corrected chi connectivity index (χ1v) is 8.28. The Morgan fingerprint density at radius 3 is 2.35 bits per heavy atom. The molecule has 6 N–H and O–H groups in total. The highest BCUT2D eigenvalue weighted by Gasteiger charge is 2.44. The third-order valence-corrected chi connectivity index (χ3v) is 3.67. The molecule has 1 heterocycles. The second-order valence-electron chi connectivity index (χ2n) is 4.34. The predicted molar refractivity (Wildman–Crippen MR) is 74.2 cm³/mol. The minimum absolute atomic E-state index is 0.211. The van der Waals surface area contributed by atoms with Gasteiger partial charge in [0.15, 0.2) is 6.29 Å². The molecule has 0 aliphatic carbocycles. The van der Waals surface area contributed by atoms with E-state index in [1.165, 1.54) is 0 Å². The van der Waals surface area contributed by atoms with Crippen molar-refractivity contribution in [1.82, 2.24) is 0 Å². The summed E-state index contributed by atoms with van der Waals surface area (Å²) in [6.07, 6.45) is -7.78. The van der Waals surface area contributed by atoms with E-state index in [9.17, 15) is 23.7 Å². The van der Waals surface area contributed by atoms with Gasteiger partial charge >= 0.3 is 10.4 Å². The molecule has 1 aliphatic rings. The second-order valence-corrected chi connectivity index (χ2v) is 6.17. The largest absolute Gasteiger partial charge is 0.466 e. The molecule has 14 heteroatoms. The van der Waals surface area contributed by atoms with Crippen molar-refractivity contribution < 1.29 is 51.7 Å². The van der Waals surface area contributed by atoms with Crippen LogP contribution in [0.1, 0.15) is 6.42 Å². The Bertz CT molecular complexity index is 496. The van der Waals surface area contributed by atoms with E-state index in [1.807, 2.05) is 0 Å². The van der Waals surface area contributed by atoms with Crippen molar-refractivity contribution >= 4 is 27.5 Å². The highest BCUT2D eigenvalue weighted by atomic mass is 32.3. The standard InChI is InChI=1S/C9H17NO11S2/c11-2-1-5(10-21-23(16,17)18)22-20-9-8(15)7(14)6(13)4(3-12)19-9/h4,6-9,11-15H,1-3H2,(H,16,17,18). The number of rotatable bonds is 7. The number of hydrogen-bond donors (Lipinski definition) is 6. The quantitative estimate of drug-likeness (QED) is 0.0861. The van der Waals surface area contributed by atoms with E-state index < -0.39 is 54.3 Å². The van der Waals surface area contributed by atoms with Crippen LogP contribution in [0.15, 0.2) is 5.16 Å². The molecule has 5 atom stereocenters. The molecule has 0 aromatic heterocycles. The Morgan fingerprint density at radius 1 is 1.17 bits per heavy atom. The average Bonchev–Trinajstić information content (AvgIpc) is 2.48. The topological polar surface area (TPSA) is 196 Å². The van der Waals surface area contributed by atoms with Gasteiger partial charge in [-0.2, -0.15) is 8.42 Å². The zero-order valence-electron chi connectivity index (χ0n) is 11.5. The van der Waals surface area contributed by atoms with Gasteiger partial charge in [-0.25, -0.2) is 4.28 Å². The molecule has 0 saturated carbocycles. The van der Waals surface area contributed by atoms with Crippen LogP contribution in [0, 0.1) is 0 Å². The van der Waals surface area contributed by atoms with Crippen LogP contribution in [-0.2, 0) is 23.6 Å². The molecule has 1 fully saturated rings. The van der Waals surface area contributed by atoms with Crippen LogP contribution in [0.3, 0.4) is 0 Å². The minimum atomic E-state index is -4.85. The third kappa shape index (κ3) is 6.46. The molecule has 0 aromatic carbocycles. The number of nitrogens with zero attached hydrogens (tertiary/aromatic N) is 1. The molecule has 1 saturated heterocycles. The molecule has 0 bridgehead atoms. The summed E-state index contributed by atoms with van der Waals surface area (Å²) in [5, 5.41) is 49.5. The summed E-state index contributed by atoms with van der Waals surface area (Å²) in [5.74, 6) is 0. The van der Waals surface area contributed by atoms with E-state index in [2.05, 4.69) is 9.44 Å². The molecule has 0 radical (unpaired) electrons. The predicted octanol–water partition coefficient (Wildman–Crippen LogP) is -3.03. The summed E-state index contributed by atoms with van der Waals surface area (Å²) in [6, 6.07) is 0. The molecule has 5 unspecified atom stereocenters. The Labute approximate surface area is 135 Å². The Morgan fingerprint density at radius 2 is 1.83 bits per heavy atom. The molecule has 0 amide bonds. The van der Waals surface area contributed by atoms with E-state index in [0.29, 0.717) is 12.0 Å². The fourth-order valence-electron chi connectivity index (χ4n) is 1.54. The second kappa shape index (κ2) is 9.07. The van der Waals surface area contributed by atoms with Crippen molar-refractivity contribution in [3.63, 3.8) is 0 Å². The lowest BCUT2D eigenvalue weighted by atomic mass is 10.00. The zero-order chi connectivity index (χ0) is 17.6. The minimum Gasteiger partial charge on any atom is -0.396 e. The normalized spacial score (nSPS) is 32.8. The summed E-state index contributed by atoms with van der Waals surface area (Å²) in [5.41, 5.74) is 0. The van der Waals surface area contributed by atoms with Gasteiger partial charge in [0.2, 0.25) is 0 Å². The summed E-state index contributed by atoms with van der Waals surface area (Å²) in [4.78, 5) is 0. The van der Waals surface area contributed by atoms with E-state index in [4.69, 9.17) is 23.7 Å². The van der Waals surface area contributed by atoms with Gasteiger partial charge in [0, 0.05) is 13.0 Å². The molecule has 1 rings (SSSR count). The molecule has 136 valence electrons. The first kappa shape index (κ1) is 20.5. The highest BCUT2D eigenvalue weighted by Crippen LogP contribution is 2.26. The van der Waals surface area contributed by atoms with Crippen molar-refractivity contribution in [2.24, 2.45) is 5.16 Å². The number of oxime groups is 1. The maximum absolute atomic E-state index is 10.4. The summed E-state index contributed by atoms with van der Waals surface area (Å²) < 4.78 is 43.0. The van der Waals surface area contributed by atoms with Crippen LogP contribution in [0.4, 0.5) is 0 Å². The zero-order valence-corrected chi connectivity index (χ0v) is 13.1. The van der Waals surface area contributed by atoms with Crippen molar-refractivity contribution in [2.45, 2.75) is 37.1 Å². The van der Waals surface area contributed by atoms with Crippen LogP contribution >= 0.6 is 12.0 Å². The molecule has 0 spiro atoms. The Hall–Kier alpha value is -0.550. The smallest absolute Gasteiger partial charge is 0.396 e. The monoisotopic (exact) mass is 379 g/mol. The molecule has 12 nitrogen and oxygen atoms in total. The SMILES string of the molecule is O=S(=O)(O)ON=C(CCO)SOC1OC(CO)C(O)C(O)C1O. The van der Waals surface area contributed by atoms with Crippen molar-refractivity contribution in [3.05, 3.63) is 0 Å². The highest BCUT2D eigenvalue weighted by molar-refractivity contribution is 8.09. The molecule has 0 aromatic rings. The fraction of sp³-hybridized carbons (Fsp3) is 0.889. The third-order valence-electron chi connectivity index (χ3n) is 2.65. The van der Waals surface area contributed by atoms with Crippen LogP contribution in [0.5, 0.6) is 0 Å². The first-order chi connectivity index (χ1) is 10.7. The van der Waals surface area contributed by atoms with Crippen LogP contribution in [0.2, 0.25) is 0 Å². The average molecular weight is 379 g/mol. The number of hydrogen-bond acceptors (Lipinski definition) is 12. The number of aliphatic hydroxyl groups excluding tert-OH is 5. The van der Waals surface area contributed by atoms with Gasteiger partial charge in [-0.05, 0) is 0 Å². The summed E-state index contributed by atoms with van der Waals surface area (Å²) >= 11 is 0.343. The van der Waals surface area contributed by atoms with Crippen molar-refractivity contribution in [1.29, 1.82) is 0 Å². The first-order valence-electron chi connectivity index (χ1n) is 6.17.